The number of carboxylic acids is 1. The monoisotopic (exact) mass is 503 g/mol. The number of rotatable bonds is 7. The van der Waals surface area contributed by atoms with E-state index in [0.717, 1.165) is 10.0 Å². The molecule has 0 radical (unpaired) electrons. The van der Waals surface area contributed by atoms with Crippen LogP contribution in [0.4, 0.5) is 4.79 Å². The highest BCUT2D eigenvalue weighted by Crippen LogP contribution is 2.36. The molecule has 0 aliphatic heterocycles. The summed E-state index contributed by atoms with van der Waals surface area (Å²) >= 11 is 8.53. The molecule has 162 valence electrons. The van der Waals surface area contributed by atoms with Gasteiger partial charge in [0.15, 0.2) is 10.7 Å². The van der Waals surface area contributed by atoms with Crippen molar-refractivity contribution in [2.45, 2.75) is 32.4 Å². The number of benzene rings is 2. The van der Waals surface area contributed by atoms with Crippen LogP contribution in [0, 0.1) is 16.7 Å². The summed E-state index contributed by atoms with van der Waals surface area (Å²) in [7, 11) is 0. The number of carbonyl (C=O) groups is 2. The number of nitriles is 1. The molecule has 2 aromatic carbocycles. The SMILES string of the molecule is CC(C)(C#N)C[C@](NC(=S)NC(=O)OCc1ccccc1)(C(=O)O)c1ccc(Br)cc1. The Morgan fingerprint density at radius 3 is 2.32 bits per heavy atom. The second-order valence-electron chi connectivity index (χ2n) is 7.53. The second-order valence-corrected chi connectivity index (χ2v) is 8.85. The van der Waals surface area contributed by atoms with Crippen LogP contribution in [0.15, 0.2) is 59.1 Å². The maximum absolute atomic E-state index is 12.4. The van der Waals surface area contributed by atoms with Crippen LogP contribution in [0.2, 0.25) is 0 Å². The van der Waals surface area contributed by atoms with E-state index in [0.29, 0.717) is 5.56 Å². The fourth-order valence-corrected chi connectivity index (χ4v) is 3.51. The summed E-state index contributed by atoms with van der Waals surface area (Å²) in [5.41, 5.74) is -1.57. The smallest absolute Gasteiger partial charge is 0.413 e. The summed E-state index contributed by atoms with van der Waals surface area (Å²) < 4.78 is 5.90. The van der Waals surface area contributed by atoms with E-state index in [1.54, 1.807) is 50.2 Å². The fraction of sp³-hybridized carbons (Fsp3) is 0.273. The van der Waals surface area contributed by atoms with E-state index in [1.165, 1.54) is 0 Å². The standard InChI is InChI=1S/C22H22BrN3O4S/c1-21(2,14-24)13-22(18(27)28,16-8-10-17(23)11-9-16)26-19(31)25-20(29)30-12-15-6-4-3-5-7-15/h3-11H,12-13H2,1-2H3,(H,27,28)(H2,25,26,29,31)/t22-/m1/s1. The minimum absolute atomic E-state index is 0.0353. The first-order valence-electron chi connectivity index (χ1n) is 9.28. The zero-order chi connectivity index (χ0) is 23.1. The van der Waals surface area contributed by atoms with Crippen LogP contribution in [0.25, 0.3) is 0 Å². The Morgan fingerprint density at radius 1 is 1.16 bits per heavy atom. The Hall–Kier alpha value is -2.96. The zero-order valence-corrected chi connectivity index (χ0v) is 19.4. The highest BCUT2D eigenvalue weighted by molar-refractivity contribution is 9.10. The molecule has 0 saturated carbocycles. The summed E-state index contributed by atoms with van der Waals surface area (Å²) in [6.07, 6.45) is -0.926. The van der Waals surface area contributed by atoms with Crippen molar-refractivity contribution < 1.29 is 19.4 Å². The van der Waals surface area contributed by atoms with Crippen molar-refractivity contribution in [3.63, 3.8) is 0 Å². The minimum Gasteiger partial charge on any atom is -0.479 e. The van der Waals surface area contributed by atoms with Crippen molar-refractivity contribution in [3.8, 4) is 6.07 Å². The number of nitrogens with zero attached hydrogens (tertiary/aromatic N) is 1. The Balaban J connectivity index is 2.22. The van der Waals surface area contributed by atoms with Gasteiger partial charge in [0.05, 0.1) is 11.5 Å². The van der Waals surface area contributed by atoms with Gasteiger partial charge in [-0.25, -0.2) is 9.59 Å². The molecule has 0 bridgehead atoms. The van der Waals surface area contributed by atoms with Gasteiger partial charge in [-0.3, -0.25) is 5.32 Å². The van der Waals surface area contributed by atoms with Gasteiger partial charge >= 0.3 is 12.1 Å². The van der Waals surface area contributed by atoms with Crippen molar-refractivity contribution >= 4 is 45.3 Å². The maximum atomic E-state index is 12.4. The van der Waals surface area contributed by atoms with Gasteiger partial charge in [0.25, 0.3) is 0 Å². The molecule has 1 amide bonds. The van der Waals surface area contributed by atoms with E-state index in [-0.39, 0.29) is 18.1 Å². The number of carbonyl (C=O) groups excluding carboxylic acids is 1. The van der Waals surface area contributed by atoms with Crippen molar-refractivity contribution in [3.05, 3.63) is 70.2 Å². The number of hydrogen-bond donors (Lipinski definition) is 3. The first-order chi connectivity index (χ1) is 14.6. The molecule has 2 rings (SSSR count). The molecule has 7 nitrogen and oxygen atoms in total. The van der Waals surface area contributed by atoms with Crippen LogP contribution in [0.1, 0.15) is 31.4 Å². The molecule has 0 aliphatic carbocycles. The number of hydrogen-bond acceptors (Lipinski definition) is 5. The maximum Gasteiger partial charge on any atom is 0.413 e. The Kier molecular flexibility index (Phi) is 8.14. The molecule has 3 N–H and O–H groups in total. The number of carboxylic acid groups (broad SMARTS) is 1. The average Bonchev–Trinajstić information content (AvgIpc) is 2.72. The first kappa shape index (κ1) is 24.3. The summed E-state index contributed by atoms with van der Waals surface area (Å²) in [6.45, 7) is 3.30. The van der Waals surface area contributed by atoms with Gasteiger partial charge in [-0.15, -0.1) is 0 Å². The summed E-state index contributed by atoms with van der Waals surface area (Å²) in [6, 6.07) is 17.8. The number of thiocarbonyl (C=S) groups is 1. The second kappa shape index (κ2) is 10.4. The summed E-state index contributed by atoms with van der Waals surface area (Å²) in [5.74, 6) is -1.24. The third-order valence-electron chi connectivity index (χ3n) is 4.47. The molecule has 0 heterocycles. The number of nitrogens with one attached hydrogen (secondary N) is 2. The largest absolute Gasteiger partial charge is 0.479 e. The van der Waals surface area contributed by atoms with Gasteiger partial charge in [-0.2, -0.15) is 5.26 Å². The lowest BCUT2D eigenvalue weighted by molar-refractivity contribution is -0.145. The Morgan fingerprint density at radius 2 is 1.77 bits per heavy atom. The van der Waals surface area contributed by atoms with Gasteiger partial charge < -0.3 is 15.2 Å². The van der Waals surface area contributed by atoms with E-state index in [9.17, 15) is 20.0 Å². The van der Waals surface area contributed by atoms with Gasteiger partial charge in [0, 0.05) is 10.9 Å². The molecular weight excluding hydrogens is 482 g/mol. The molecule has 31 heavy (non-hydrogen) atoms. The quantitative estimate of drug-likeness (QED) is 0.477. The molecule has 0 saturated heterocycles. The molecular formula is C22H22BrN3O4S. The van der Waals surface area contributed by atoms with Gasteiger partial charge in [0.1, 0.15) is 6.61 Å². The van der Waals surface area contributed by atoms with Crippen LogP contribution in [0.5, 0.6) is 0 Å². The molecule has 0 aliphatic rings. The van der Waals surface area contributed by atoms with E-state index in [2.05, 4.69) is 32.6 Å². The van der Waals surface area contributed by atoms with E-state index >= 15 is 0 Å². The topological polar surface area (TPSA) is 111 Å². The highest BCUT2D eigenvalue weighted by atomic mass is 79.9. The highest BCUT2D eigenvalue weighted by Gasteiger charge is 2.46. The lowest BCUT2D eigenvalue weighted by Gasteiger charge is -2.36. The first-order valence-corrected chi connectivity index (χ1v) is 10.5. The third-order valence-corrected chi connectivity index (χ3v) is 5.20. The molecule has 0 fully saturated rings. The number of aliphatic carboxylic acids is 1. The molecule has 0 aromatic heterocycles. The van der Waals surface area contributed by atoms with Crippen LogP contribution in [-0.2, 0) is 21.7 Å². The Labute approximate surface area is 194 Å². The lowest BCUT2D eigenvalue weighted by atomic mass is 9.75. The van der Waals surface area contributed by atoms with Crippen LogP contribution < -0.4 is 10.6 Å². The van der Waals surface area contributed by atoms with Crippen LogP contribution in [-0.4, -0.2) is 22.3 Å². The van der Waals surface area contributed by atoms with Crippen molar-refractivity contribution in [2.24, 2.45) is 5.41 Å². The minimum atomic E-state index is -1.75. The summed E-state index contributed by atoms with van der Waals surface area (Å²) in [5, 5.41) is 24.5. The predicted molar refractivity (Wildman–Crippen MR) is 123 cm³/mol. The predicted octanol–water partition coefficient (Wildman–Crippen LogP) is 4.47. The number of alkyl carbamates (subject to hydrolysis) is 1. The molecule has 2 aromatic rings. The van der Waals surface area contributed by atoms with Crippen LogP contribution >= 0.6 is 28.1 Å². The van der Waals surface area contributed by atoms with Crippen molar-refractivity contribution in [1.29, 1.82) is 5.26 Å². The average molecular weight is 504 g/mol. The van der Waals surface area contributed by atoms with E-state index < -0.39 is 23.0 Å². The molecule has 0 unspecified atom stereocenters. The van der Waals surface area contributed by atoms with Gasteiger partial charge in [-0.1, -0.05) is 58.4 Å². The number of amides is 1. The van der Waals surface area contributed by atoms with Crippen LogP contribution in [0.3, 0.4) is 0 Å². The summed E-state index contributed by atoms with van der Waals surface area (Å²) in [4.78, 5) is 24.6. The number of halogens is 1. The van der Waals surface area contributed by atoms with E-state index in [1.807, 2.05) is 18.2 Å². The fourth-order valence-electron chi connectivity index (χ4n) is 2.98. The third kappa shape index (κ3) is 6.77. The normalized spacial score (nSPS) is 12.7. The van der Waals surface area contributed by atoms with Crippen molar-refractivity contribution in [2.75, 3.05) is 0 Å². The lowest BCUT2D eigenvalue weighted by Crippen LogP contribution is -2.57. The molecule has 0 spiro atoms. The number of ether oxygens (including phenoxy) is 1. The van der Waals surface area contributed by atoms with Crippen molar-refractivity contribution in [1.82, 2.24) is 10.6 Å². The van der Waals surface area contributed by atoms with Gasteiger partial charge in [-0.05, 0) is 49.3 Å². The Bertz CT molecular complexity index is 990. The molecule has 9 heteroatoms. The van der Waals surface area contributed by atoms with E-state index in [4.69, 9.17) is 17.0 Å². The molecule has 1 atom stereocenters. The zero-order valence-electron chi connectivity index (χ0n) is 17.0. The van der Waals surface area contributed by atoms with Gasteiger partial charge in [0.2, 0.25) is 0 Å².